The van der Waals surface area contributed by atoms with E-state index in [-0.39, 0.29) is 11.8 Å². The van der Waals surface area contributed by atoms with Gasteiger partial charge in [-0.05, 0) is 25.1 Å². The van der Waals surface area contributed by atoms with E-state index in [1.54, 1.807) is 11.1 Å². The van der Waals surface area contributed by atoms with Gasteiger partial charge in [0.2, 0.25) is 5.91 Å². The third-order valence-electron chi connectivity index (χ3n) is 4.94. The van der Waals surface area contributed by atoms with Gasteiger partial charge in [0, 0.05) is 22.5 Å². The fourth-order valence-electron chi connectivity index (χ4n) is 3.69. The average Bonchev–Trinajstić information content (AvgIpc) is 3.20. The predicted octanol–water partition coefficient (Wildman–Crippen LogP) is 3.76. The van der Waals surface area contributed by atoms with Gasteiger partial charge >= 0.3 is 0 Å². The minimum absolute atomic E-state index is 0.0976. The van der Waals surface area contributed by atoms with Gasteiger partial charge in [0.25, 0.3) is 0 Å². The van der Waals surface area contributed by atoms with Crippen LogP contribution >= 0.6 is 0 Å². The van der Waals surface area contributed by atoms with Crippen LogP contribution in [0.15, 0.2) is 54.9 Å². The first kappa shape index (κ1) is 14.2. The zero-order valence-corrected chi connectivity index (χ0v) is 13.7. The van der Waals surface area contributed by atoms with Crippen LogP contribution in [0.5, 0.6) is 0 Å². The lowest BCUT2D eigenvalue weighted by Gasteiger charge is -2.17. The molecule has 5 nitrogen and oxygen atoms in total. The monoisotopic (exact) mass is 328 g/mol. The molecule has 0 bridgehead atoms. The number of pyridine rings is 2. The molecule has 0 spiro atoms. The number of nitrogens with one attached hydrogen (secondary N) is 1. The van der Waals surface area contributed by atoms with Gasteiger partial charge in [0.1, 0.15) is 5.65 Å². The molecule has 0 radical (unpaired) electrons. The summed E-state index contributed by atoms with van der Waals surface area (Å²) in [6.07, 6.45) is 3.65. The number of para-hydroxylation sites is 1. The van der Waals surface area contributed by atoms with Crippen molar-refractivity contribution >= 4 is 33.5 Å². The second-order valence-corrected chi connectivity index (χ2v) is 6.44. The van der Waals surface area contributed by atoms with E-state index < -0.39 is 0 Å². The van der Waals surface area contributed by atoms with Gasteiger partial charge in [0.15, 0.2) is 0 Å². The van der Waals surface area contributed by atoms with Crippen LogP contribution in [0.25, 0.3) is 21.9 Å². The molecule has 5 heteroatoms. The van der Waals surface area contributed by atoms with E-state index in [2.05, 4.69) is 16.0 Å². The maximum Gasteiger partial charge on any atom is 0.234 e. The maximum atomic E-state index is 12.9. The molecule has 1 aromatic carbocycles. The molecule has 4 aromatic rings. The van der Waals surface area contributed by atoms with Crippen LogP contribution in [0, 0.1) is 0 Å². The SMILES string of the molecule is CC1C(=O)N(Cc2ccc3ccccc3n2)c2cnc3[nH]ccc3c21. The number of carbonyl (C=O) groups excluding carboxylic acids is 1. The fraction of sp³-hybridized carbons (Fsp3) is 0.150. The lowest BCUT2D eigenvalue weighted by Crippen LogP contribution is -2.27. The zero-order chi connectivity index (χ0) is 17.0. The predicted molar refractivity (Wildman–Crippen MR) is 97.4 cm³/mol. The van der Waals surface area contributed by atoms with Gasteiger partial charge in [-0.25, -0.2) is 4.98 Å². The minimum atomic E-state index is -0.170. The number of aromatic amines is 1. The summed E-state index contributed by atoms with van der Waals surface area (Å²) in [5.74, 6) is -0.0720. The van der Waals surface area contributed by atoms with E-state index in [1.807, 2.05) is 49.5 Å². The molecule has 122 valence electrons. The Bertz CT molecular complexity index is 1130. The molecule has 0 saturated heterocycles. The molecule has 1 N–H and O–H groups in total. The third-order valence-corrected chi connectivity index (χ3v) is 4.94. The molecule has 1 aliphatic rings. The summed E-state index contributed by atoms with van der Waals surface area (Å²) in [5.41, 5.74) is 4.58. The van der Waals surface area contributed by atoms with Crippen LogP contribution in [-0.2, 0) is 11.3 Å². The molecule has 1 amide bonds. The zero-order valence-electron chi connectivity index (χ0n) is 13.7. The summed E-state index contributed by atoms with van der Waals surface area (Å²) < 4.78 is 0. The molecule has 1 unspecified atom stereocenters. The van der Waals surface area contributed by atoms with Crippen LogP contribution in [-0.4, -0.2) is 20.9 Å². The number of fused-ring (bicyclic) bond motifs is 4. The molecule has 1 atom stereocenters. The number of benzene rings is 1. The third kappa shape index (κ3) is 2.05. The molecular weight excluding hydrogens is 312 g/mol. The highest BCUT2D eigenvalue weighted by Crippen LogP contribution is 2.41. The maximum absolute atomic E-state index is 12.9. The van der Waals surface area contributed by atoms with E-state index in [9.17, 15) is 4.79 Å². The first-order chi connectivity index (χ1) is 12.2. The van der Waals surface area contributed by atoms with Crippen LogP contribution in [0.2, 0.25) is 0 Å². The van der Waals surface area contributed by atoms with E-state index in [0.29, 0.717) is 6.54 Å². The van der Waals surface area contributed by atoms with E-state index >= 15 is 0 Å². The van der Waals surface area contributed by atoms with Gasteiger partial charge in [-0.2, -0.15) is 0 Å². The number of hydrogen-bond donors (Lipinski definition) is 1. The van der Waals surface area contributed by atoms with E-state index in [4.69, 9.17) is 4.98 Å². The summed E-state index contributed by atoms with van der Waals surface area (Å²) in [6.45, 7) is 2.42. The average molecular weight is 328 g/mol. The van der Waals surface area contributed by atoms with Gasteiger partial charge in [0.05, 0.1) is 35.6 Å². The summed E-state index contributed by atoms with van der Waals surface area (Å²) in [7, 11) is 0. The minimum Gasteiger partial charge on any atom is -0.346 e. The Morgan fingerprint density at radius 2 is 2.04 bits per heavy atom. The second-order valence-electron chi connectivity index (χ2n) is 6.44. The van der Waals surface area contributed by atoms with Gasteiger partial charge in [-0.3, -0.25) is 9.78 Å². The number of nitrogens with zero attached hydrogens (tertiary/aromatic N) is 3. The highest BCUT2D eigenvalue weighted by Gasteiger charge is 2.36. The number of hydrogen-bond acceptors (Lipinski definition) is 3. The molecular formula is C20H16N4O. The van der Waals surface area contributed by atoms with Crippen molar-refractivity contribution < 1.29 is 4.79 Å². The molecule has 3 aromatic heterocycles. The van der Waals surface area contributed by atoms with Crippen molar-refractivity contribution in [3.8, 4) is 0 Å². The molecule has 1 aliphatic heterocycles. The molecule has 0 aliphatic carbocycles. The molecule has 25 heavy (non-hydrogen) atoms. The van der Waals surface area contributed by atoms with E-state index in [1.165, 1.54) is 0 Å². The number of carbonyl (C=O) groups is 1. The Kier molecular flexibility index (Phi) is 2.91. The topological polar surface area (TPSA) is 61.9 Å². The largest absolute Gasteiger partial charge is 0.346 e. The van der Waals surface area contributed by atoms with Crippen LogP contribution in [0.3, 0.4) is 0 Å². The standard InChI is InChI=1S/C20H16N4O/c1-12-18-15-8-9-21-19(15)22-10-17(18)24(20(12)25)11-14-7-6-13-4-2-3-5-16(13)23-14/h2-10,12H,11H2,1H3,(H,21,22). The van der Waals surface area contributed by atoms with Gasteiger partial charge in [-0.15, -0.1) is 0 Å². The first-order valence-corrected chi connectivity index (χ1v) is 8.34. The number of H-pyrrole nitrogens is 1. The molecule has 5 rings (SSSR count). The normalized spacial score (nSPS) is 16.8. The summed E-state index contributed by atoms with van der Waals surface area (Å²) in [6, 6.07) is 14.0. The van der Waals surface area contributed by atoms with Crippen LogP contribution in [0.4, 0.5) is 5.69 Å². The number of aromatic nitrogens is 3. The van der Waals surface area contributed by atoms with E-state index in [0.717, 1.165) is 38.9 Å². The smallest absolute Gasteiger partial charge is 0.234 e. The Morgan fingerprint density at radius 1 is 1.16 bits per heavy atom. The Morgan fingerprint density at radius 3 is 2.96 bits per heavy atom. The Hall–Kier alpha value is -3.21. The second kappa shape index (κ2) is 5.14. The lowest BCUT2D eigenvalue weighted by molar-refractivity contribution is -0.119. The van der Waals surface area contributed by atoms with Crippen molar-refractivity contribution in [3.05, 3.63) is 66.1 Å². The quantitative estimate of drug-likeness (QED) is 0.609. The first-order valence-electron chi connectivity index (χ1n) is 8.34. The van der Waals surface area contributed by atoms with Crippen molar-refractivity contribution in [2.75, 3.05) is 4.90 Å². The highest BCUT2D eigenvalue weighted by atomic mass is 16.2. The van der Waals surface area contributed by atoms with Crippen molar-refractivity contribution in [2.45, 2.75) is 19.4 Å². The van der Waals surface area contributed by atoms with Crippen molar-refractivity contribution in [1.29, 1.82) is 0 Å². The summed E-state index contributed by atoms with van der Waals surface area (Å²) >= 11 is 0. The fourth-order valence-corrected chi connectivity index (χ4v) is 3.69. The molecule has 0 fully saturated rings. The summed E-state index contributed by atoms with van der Waals surface area (Å²) in [5, 5.41) is 2.12. The number of amides is 1. The van der Waals surface area contributed by atoms with Gasteiger partial charge < -0.3 is 9.88 Å². The highest BCUT2D eigenvalue weighted by molar-refractivity contribution is 6.08. The Labute approximate surface area is 144 Å². The van der Waals surface area contributed by atoms with Crippen LogP contribution < -0.4 is 4.90 Å². The number of anilines is 1. The molecule has 4 heterocycles. The lowest BCUT2D eigenvalue weighted by atomic mass is 10.0. The van der Waals surface area contributed by atoms with Crippen molar-refractivity contribution in [1.82, 2.24) is 15.0 Å². The van der Waals surface area contributed by atoms with Crippen molar-refractivity contribution in [2.24, 2.45) is 0 Å². The number of rotatable bonds is 2. The molecule has 0 saturated carbocycles. The Balaban J connectivity index is 1.59. The summed E-state index contributed by atoms with van der Waals surface area (Å²) in [4.78, 5) is 26.9. The van der Waals surface area contributed by atoms with Gasteiger partial charge in [-0.1, -0.05) is 24.3 Å². The van der Waals surface area contributed by atoms with Crippen molar-refractivity contribution in [3.63, 3.8) is 0 Å². The van der Waals surface area contributed by atoms with Crippen LogP contribution in [0.1, 0.15) is 24.1 Å².